The van der Waals surface area contributed by atoms with Crippen molar-refractivity contribution in [3.63, 3.8) is 0 Å². The number of anilines is 1. The minimum Gasteiger partial charge on any atom is -0.485 e. The number of benzene rings is 1. The Morgan fingerprint density at radius 3 is 2.67 bits per heavy atom. The average Bonchev–Trinajstić information content (AvgIpc) is 2.37. The third-order valence-corrected chi connectivity index (χ3v) is 2.40. The molecule has 0 aliphatic carbocycles. The predicted molar refractivity (Wildman–Crippen MR) is 67.4 cm³/mol. The molecule has 0 radical (unpaired) electrons. The van der Waals surface area contributed by atoms with E-state index in [0.29, 0.717) is 5.75 Å². The van der Waals surface area contributed by atoms with E-state index in [0.717, 1.165) is 31.5 Å². The number of hydrogen-bond donors (Lipinski definition) is 2. The van der Waals surface area contributed by atoms with Crippen LogP contribution in [0, 0.1) is 0 Å². The van der Waals surface area contributed by atoms with Gasteiger partial charge in [0.05, 0.1) is 5.69 Å². The fourth-order valence-corrected chi connectivity index (χ4v) is 1.53. The van der Waals surface area contributed by atoms with Crippen LogP contribution in [0.3, 0.4) is 0 Å². The molecular formula is C13H19F2NO2. The first kappa shape index (κ1) is 14.7. The topological polar surface area (TPSA) is 41.5 Å². The second-order valence-corrected chi connectivity index (χ2v) is 3.91. The van der Waals surface area contributed by atoms with Gasteiger partial charge in [-0.05, 0) is 31.4 Å². The first-order chi connectivity index (χ1) is 8.74. The Morgan fingerprint density at radius 1 is 1.17 bits per heavy atom. The summed E-state index contributed by atoms with van der Waals surface area (Å²) >= 11 is 0. The maximum absolute atomic E-state index is 12.1. The van der Waals surface area contributed by atoms with E-state index < -0.39 is 13.0 Å². The lowest BCUT2D eigenvalue weighted by Crippen LogP contribution is -2.09. The summed E-state index contributed by atoms with van der Waals surface area (Å²) in [7, 11) is 0. The lowest BCUT2D eigenvalue weighted by molar-refractivity contribution is 0.0822. The van der Waals surface area contributed by atoms with E-state index in [9.17, 15) is 8.78 Å². The molecule has 2 N–H and O–H groups in total. The van der Waals surface area contributed by atoms with Crippen LogP contribution < -0.4 is 10.1 Å². The van der Waals surface area contributed by atoms with E-state index in [-0.39, 0.29) is 6.61 Å². The molecule has 102 valence electrons. The molecule has 0 saturated carbocycles. The summed E-state index contributed by atoms with van der Waals surface area (Å²) in [5, 5.41) is 11.8. The predicted octanol–water partition coefficient (Wildman–Crippen LogP) is 2.91. The zero-order valence-electron chi connectivity index (χ0n) is 10.2. The highest BCUT2D eigenvalue weighted by Gasteiger charge is 2.06. The van der Waals surface area contributed by atoms with Crippen molar-refractivity contribution in [1.29, 1.82) is 0 Å². The first-order valence-electron chi connectivity index (χ1n) is 6.08. The van der Waals surface area contributed by atoms with Gasteiger partial charge >= 0.3 is 0 Å². The molecule has 0 fully saturated rings. The maximum Gasteiger partial charge on any atom is 0.272 e. The van der Waals surface area contributed by atoms with Crippen LogP contribution >= 0.6 is 0 Å². The molecule has 1 aromatic rings. The second-order valence-electron chi connectivity index (χ2n) is 3.91. The van der Waals surface area contributed by atoms with Crippen molar-refractivity contribution < 1.29 is 18.6 Å². The molecule has 0 unspecified atom stereocenters. The monoisotopic (exact) mass is 259 g/mol. The lowest BCUT2D eigenvalue weighted by Gasteiger charge is -2.12. The van der Waals surface area contributed by atoms with E-state index in [4.69, 9.17) is 9.84 Å². The van der Waals surface area contributed by atoms with Crippen LogP contribution in [0.2, 0.25) is 0 Å². The van der Waals surface area contributed by atoms with E-state index in [2.05, 4.69) is 5.32 Å². The molecule has 0 aliphatic rings. The van der Waals surface area contributed by atoms with Gasteiger partial charge in [-0.2, -0.15) is 0 Å². The molecule has 0 aromatic heterocycles. The lowest BCUT2D eigenvalue weighted by atomic mass is 10.2. The largest absolute Gasteiger partial charge is 0.485 e. The molecule has 5 heteroatoms. The number of aliphatic hydroxyl groups excluding tert-OH is 1. The number of para-hydroxylation sites is 2. The molecule has 1 rings (SSSR count). The molecule has 0 spiro atoms. The zero-order valence-corrected chi connectivity index (χ0v) is 10.2. The van der Waals surface area contributed by atoms with Crippen molar-refractivity contribution >= 4 is 5.69 Å². The fourth-order valence-electron chi connectivity index (χ4n) is 1.53. The Kier molecular flexibility index (Phi) is 7.10. The highest BCUT2D eigenvalue weighted by molar-refractivity contribution is 5.56. The SMILES string of the molecule is OCCCCCNc1ccccc1OCC(F)F. The maximum atomic E-state index is 12.1. The molecule has 18 heavy (non-hydrogen) atoms. The second kappa shape index (κ2) is 8.69. The number of alkyl halides is 2. The number of ether oxygens (including phenoxy) is 1. The van der Waals surface area contributed by atoms with Crippen molar-refractivity contribution in [3.8, 4) is 5.75 Å². The van der Waals surface area contributed by atoms with Crippen LogP contribution in [0.25, 0.3) is 0 Å². The zero-order chi connectivity index (χ0) is 13.2. The molecule has 1 aromatic carbocycles. The standard InChI is InChI=1S/C13H19F2NO2/c14-13(15)10-18-12-7-3-2-6-11(12)16-8-4-1-5-9-17/h2-3,6-7,13,16-17H,1,4-5,8-10H2. The summed E-state index contributed by atoms with van der Waals surface area (Å²) in [4.78, 5) is 0. The highest BCUT2D eigenvalue weighted by Crippen LogP contribution is 2.24. The van der Waals surface area contributed by atoms with Crippen LogP contribution in [-0.4, -0.2) is 31.3 Å². The number of hydrogen-bond acceptors (Lipinski definition) is 3. The van der Waals surface area contributed by atoms with Crippen molar-refractivity contribution in [2.75, 3.05) is 25.1 Å². The fraction of sp³-hybridized carbons (Fsp3) is 0.538. The molecule has 0 saturated heterocycles. The number of aliphatic hydroxyl groups is 1. The molecule has 0 atom stereocenters. The van der Waals surface area contributed by atoms with Gasteiger partial charge < -0.3 is 15.2 Å². The van der Waals surface area contributed by atoms with Crippen LogP contribution in [0.1, 0.15) is 19.3 Å². The summed E-state index contributed by atoms with van der Waals surface area (Å²) in [6, 6.07) is 7.04. The molecule has 0 aliphatic heterocycles. The number of unbranched alkanes of at least 4 members (excludes halogenated alkanes) is 2. The van der Waals surface area contributed by atoms with Crippen molar-refractivity contribution in [2.24, 2.45) is 0 Å². The number of nitrogens with one attached hydrogen (secondary N) is 1. The Hall–Kier alpha value is -1.36. The van der Waals surface area contributed by atoms with Gasteiger partial charge in [0.25, 0.3) is 6.43 Å². The molecule has 0 heterocycles. The van der Waals surface area contributed by atoms with Gasteiger partial charge in [-0.15, -0.1) is 0 Å². The molecular weight excluding hydrogens is 240 g/mol. The summed E-state index contributed by atoms with van der Waals surface area (Å²) in [6.45, 7) is 0.340. The third-order valence-electron chi connectivity index (χ3n) is 2.40. The van der Waals surface area contributed by atoms with E-state index >= 15 is 0 Å². The van der Waals surface area contributed by atoms with Gasteiger partial charge in [-0.25, -0.2) is 8.78 Å². The molecule has 0 amide bonds. The average molecular weight is 259 g/mol. The van der Waals surface area contributed by atoms with Gasteiger partial charge in [0, 0.05) is 13.2 Å². The van der Waals surface area contributed by atoms with Crippen LogP contribution in [0.15, 0.2) is 24.3 Å². The molecule has 0 bridgehead atoms. The minimum absolute atomic E-state index is 0.202. The molecule has 3 nitrogen and oxygen atoms in total. The van der Waals surface area contributed by atoms with Gasteiger partial charge in [-0.3, -0.25) is 0 Å². The normalized spacial score (nSPS) is 10.7. The first-order valence-corrected chi connectivity index (χ1v) is 6.08. The summed E-state index contributed by atoms with van der Waals surface area (Å²) in [5.41, 5.74) is 0.724. The Balaban J connectivity index is 2.38. The minimum atomic E-state index is -2.47. The third kappa shape index (κ3) is 5.82. The van der Waals surface area contributed by atoms with Crippen molar-refractivity contribution in [2.45, 2.75) is 25.7 Å². The quantitative estimate of drug-likeness (QED) is 0.670. The van der Waals surface area contributed by atoms with Gasteiger partial charge in [0.2, 0.25) is 0 Å². The number of halogens is 2. The summed E-state index contributed by atoms with van der Waals surface area (Å²) < 4.78 is 29.2. The van der Waals surface area contributed by atoms with Crippen molar-refractivity contribution in [1.82, 2.24) is 0 Å². The van der Waals surface area contributed by atoms with E-state index in [1.165, 1.54) is 0 Å². The van der Waals surface area contributed by atoms with Gasteiger partial charge in [0.15, 0.2) is 0 Å². The Labute approximate surface area is 106 Å². The smallest absolute Gasteiger partial charge is 0.272 e. The summed E-state index contributed by atoms with van der Waals surface area (Å²) in [6.07, 6.45) is 0.168. The van der Waals surface area contributed by atoms with Crippen LogP contribution in [0.5, 0.6) is 5.75 Å². The van der Waals surface area contributed by atoms with Crippen LogP contribution in [-0.2, 0) is 0 Å². The van der Waals surface area contributed by atoms with Crippen molar-refractivity contribution in [3.05, 3.63) is 24.3 Å². The van der Waals surface area contributed by atoms with E-state index in [1.54, 1.807) is 18.2 Å². The Bertz CT molecular complexity index is 335. The summed E-state index contributed by atoms with van der Waals surface area (Å²) in [5.74, 6) is 0.444. The van der Waals surface area contributed by atoms with Crippen LogP contribution in [0.4, 0.5) is 14.5 Å². The van der Waals surface area contributed by atoms with Gasteiger partial charge in [0.1, 0.15) is 12.4 Å². The Morgan fingerprint density at radius 2 is 1.94 bits per heavy atom. The van der Waals surface area contributed by atoms with E-state index in [1.807, 2.05) is 6.07 Å². The van der Waals surface area contributed by atoms with Gasteiger partial charge in [-0.1, -0.05) is 12.1 Å². The number of rotatable bonds is 9. The highest BCUT2D eigenvalue weighted by atomic mass is 19.3.